The molecule has 0 bridgehead atoms. The molecule has 2 rings (SSSR count). The van der Waals surface area contributed by atoms with Crippen LogP contribution in [0.5, 0.6) is 0 Å². The first-order valence-electron chi connectivity index (χ1n) is 6.09. The molecule has 0 atom stereocenters. The van der Waals surface area contributed by atoms with Crippen LogP contribution in [0.2, 0.25) is 0 Å². The number of nitrogens with zero attached hydrogens (tertiary/aromatic N) is 2. The summed E-state index contributed by atoms with van der Waals surface area (Å²) in [6.45, 7) is 6.63. The summed E-state index contributed by atoms with van der Waals surface area (Å²) in [6, 6.07) is 1.90. The molecule has 18 heavy (non-hydrogen) atoms. The van der Waals surface area contributed by atoms with Crippen LogP contribution in [0.1, 0.15) is 31.9 Å². The smallest absolute Gasteiger partial charge is 0.416 e. The van der Waals surface area contributed by atoms with Crippen LogP contribution >= 0.6 is 0 Å². The van der Waals surface area contributed by atoms with E-state index < -0.39 is 5.60 Å². The molecule has 1 aromatic rings. The average molecular weight is 249 g/mol. The summed E-state index contributed by atoms with van der Waals surface area (Å²) in [5, 5.41) is 0. The van der Waals surface area contributed by atoms with E-state index in [4.69, 9.17) is 10.5 Å². The van der Waals surface area contributed by atoms with Crippen molar-refractivity contribution >= 4 is 11.9 Å². The van der Waals surface area contributed by atoms with E-state index in [1.807, 2.05) is 26.8 Å². The number of hydrogen-bond acceptors (Lipinski definition) is 4. The Morgan fingerprint density at radius 1 is 1.56 bits per heavy atom. The fourth-order valence-electron chi connectivity index (χ4n) is 2.04. The summed E-state index contributed by atoms with van der Waals surface area (Å²) in [5.74, 6) is 0.687. The van der Waals surface area contributed by atoms with Gasteiger partial charge >= 0.3 is 6.09 Å². The fraction of sp³-hybridized carbons (Fsp3) is 0.538. The molecule has 0 unspecified atom stereocenters. The predicted molar refractivity (Wildman–Crippen MR) is 69.4 cm³/mol. The molecule has 1 aliphatic rings. The van der Waals surface area contributed by atoms with E-state index in [0.717, 1.165) is 17.5 Å². The van der Waals surface area contributed by atoms with Gasteiger partial charge in [-0.1, -0.05) is 0 Å². The fourth-order valence-corrected chi connectivity index (χ4v) is 2.04. The number of rotatable bonds is 1. The number of ether oxygens (including phenoxy) is 1. The second kappa shape index (κ2) is 4.57. The lowest BCUT2D eigenvalue weighted by molar-refractivity contribution is 0.0583. The van der Waals surface area contributed by atoms with Gasteiger partial charge in [-0.2, -0.15) is 0 Å². The molecule has 2 heterocycles. The van der Waals surface area contributed by atoms with Crippen molar-refractivity contribution in [1.29, 1.82) is 0 Å². The van der Waals surface area contributed by atoms with Gasteiger partial charge in [0.05, 0.1) is 0 Å². The minimum atomic E-state index is -0.495. The van der Waals surface area contributed by atoms with E-state index >= 15 is 0 Å². The minimum Gasteiger partial charge on any atom is -0.443 e. The van der Waals surface area contributed by atoms with Crippen LogP contribution in [-0.4, -0.2) is 23.2 Å². The third-order valence-corrected chi connectivity index (χ3v) is 2.80. The van der Waals surface area contributed by atoms with Gasteiger partial charge in [0.25, 0.3) is 0 Å². The van der Waals surface area contributed by atoms with E-state index in [0.29, 0.717) is 18.9 Å². The first kappa shape index (κ1) is 12.8. The van der Waals surface area contributed by atoms with Gasteiger partial charge < -0.3 is 10.5 Å². The summed E-state index contributed by atoms with van der Waals surface area (Å²) in [4.78, 5) is 17.9. The number of nitrogens with two attached hydrogens (primary N) is 1. The number of aromatic nitrogens is 1. The maximum absolute atomic E-state index is 12.1. The van der Waals surface area contributed by atoms with Crippen LogP contribution < -0.4 is 10.6 Å². The highest BCUT2D eigenvalue weighted by Crippen LogP contribution is 2.29. The molecule has 0 fully saturated rings. The largest absolute Gasteiger partial charge is 0.443 e. The monoisotopic (exact) mass is 249 g/mol. The molecule has 1 aliphatic heterocycles. The lowest BCUT2D eigenvalue weighted by atomic mass is 10.1. The summed E-state index contributed by atoms with van der Waals surface area (Å²) >= 11 is 0. The predicted octanol–water partition coefficient (Wildman–Crippen LogP) is 1.84. The highest BCUT2D eigenvalue weighted by atomic mass is 16.6. The first-order valence-corrected chi connectivity index (χ1v) is 6.09. The molecule has 0 aromatic carbocycles. The zero-order valence-corrected chi connectivity index (χ0v) is 11.1. The Kier molecular flexibility index (Phi) is 3.26. The Morgan fingerprint density at radius 3 is 2.89 bits per heavy atom. The van der Waals surface area contributed by atoms with E-state index in [1.165, 1.54) is 0 Å². The lowest BCUT2D eigenvalue weighted by Gasteiger charge is -2.24. The van der Waals surface area contributed by atoms with Crippen molar-refractivity contribution in [1.82, 2.24) is 4.98 Å². The summed E-state index contributed by atoms with van der Waals surface area (Å²) < 4.78 is 5.37. The van der Waals surface area contributed by atoms with Crippen LogP contribution in [0.3, 0.4) is 0 Å². The zero-order valence-electron chi connectivity index (χ0n) is 11.1. The van der Waals surface area contributed by atoms with Gasteiger partial charge in [-0.15, -0.1) is 0 Å². The number of anilines is 1. The molecule has 0 spiro atoms. The number of pyridine rings is 1. The van der Waals surface area contributed by atoms with Gasteiger partial charge in [-0.05, 0) is 38.8 Å². The number of carbonyl (C=O) groups is 1. The van der Waals surface area contributed by atoms with Gasteiger partial charge in [-0.25, -0.2) is 9.78 Å². The molecular weight excluding hydrogens is 230 g/mol. The SMILES string of the molecule is CC(C)(C)OC(=O)N1CCc2c(CN)ccnc21. The molecular formula is C13H19N3O2. The maximum atomic E-state index is 12.1. The van der Waals surface area contributed by atoms with Gasteiger partial charge in [-0.3, -0.25) is 4.90 Å². The Morgan fingerprint density at radius 2 is 2.28 bits per heavy atom. The van der Waals surface area contributed by atoms with Crippen molar-refractivity contribution in [3.05, 3.63) is 23.4 Å². The Bertz CT molecular complexity index is 466. The molecule has 0 radical (unpaired) electrons. The summed E-state index contributed by atoms with van der Waals surface area (Å²) in [5.41, 5.74) is 7.30. The molecule has 5 nitrogen and oxygen atoms in total. The first-order chi connectivity index (χ1) is 8.42. The quantitative estimate of drug-likeness (QED) is 0.824. The Hall–Kier alpha value is -1.62. The van der Waals surface area contributed by atoms with Crippen molar-refractivity contribution < 1.29 is 9.53 Å². The standard InChI is InChI=1S/C13H19N3O2/c1-13(2,3)18-12(17)16-7-5-10-9(8-14)4-6-15-11(10)16/h4,6H,5,7-8,14H2,1-3H3. The molecule has 0 saturated heterocycles. The van der Waals surface area contributed by atoms with Crippen molar-refractivity contribution in [3.8, 4) is 0 Å². The highest BCUT2D eigenvalue weighted by Gasteiger charge is 2.30. The molecule has 2 N–H and O–H groups in total. The van der Waals surface area contributed by atoms with Gasteiger partial charge in [0.2, 0.25) is 0 Å². The second-order valence-corrected chi connectivity index (χ2v) is 5.36. The topological polar surface area (TPSA) is 68.5 Å². The van der Waals surface area contributed by atoms with Crippen molar-refractivity contribution in [2.75, 3.05) is 11.4 Å². The molecule has 1 aromatic heterocycles. The van der Waals surface area contributed by atoms with Gasteiger partial charge in [0.1, 0.15) is 11.4 Å². The molecule has 0 aliphatic carbocycles. The number of amides is 1. The normalized spacial score (nSPS) is 14.6. The van der Waals surface area contributed by atoms with E-state index in [1.54, 1.807) is 11.1 Å². The summed E-state index contributed by atoms with van der Waals surface area (Å²) in [6.07, 6.45) is 2.13. The third kappa shape index (κ3) is 2.46. The zero-order chi connectivity index (χ0) is 13.3. The Labute approximate surface area is 107 Å². The van der Waals surface area contributed by atoms with Gasteiger partial charge in [0.15, 0.2) is 0 Å². The van der Waals surface area contributed by atoms with Crippen LogP contribution in [0.4, 0.5) is 10.6 Å². The van der Waals surface area contributed by atoms with Crippen molar-refractivity contribution in [3.63, 3.8) is 0 Å². The number of carbonyl (C=O) groups excluding carboxylic acids is 1. The maximum Gasteiger partial charge on any atom is 0.416 e. The minimum absolute atomic E-state index is 0.345. The lowest BCUT2D eigenvalue weighted by Crippen LogP contribution is -2.36. The molecule has 5 heteroatoms. The molecule has 98 valence electrons. The van der Waals surface area contributed by atoms with Crippen LogP contribution in [0.25, 0.3) is 0 Å². The van der Waals surface area contributed by atoms with Crippen LogP contribution in [0, 0.1) is 0 Å². The van der Waals surface area contributed by atoms with Crippen molar-refractivity contribution in [2.45, 2.75) is 39.3 Å². The number of fused-ring (bicyclic) bond motifs is 1. The summed E-state index contributed by atoms with van der Waals surface area (Å²) in [7, 11) is 0. The third-order valence-electron chi connectivity index (χ3n) is 2.80. The number of hydrogen-bond donors (Lipinski definition) is 1. The Balaban J connectivity index is 2.24. The van der Waals surface area contributed by atoms with Crippen molar-refractivity contribution in [2.24, 2.45) is 5.73 Å². The van der Waals surface area contributed by atoms with E-state index in [2.05, 4.69) is 4.98 Å². The second-order valence-electron chi connectivity index (χ2n) is 5.36. The highest BCUT2D eigenvalue weighted by molar-refractivity contribution is 5.89. The average Bonchev–Trinajstić information content (AvgIpc) is 2.69. The molecule has 1 amide bonds. The van der Waals surface area contributed by atoms with Crippen LogP contribution in [-0.2, 0) is 17.7 Å². The molecule has 0 saturated carbocycles. The van der Waals surface area contributed by atoms with Crippen LogP contribution in [0.15, 0.2) is 12.3 Å². The van der Waals surface area contributed by atoms with E-state index in [9.17, 15) is 4.79 Å². The van der Waals surface area contributed by atoms with Gasteiger partial charge in [0, 0.05) is 24.8 Å². The van der Waals surface area contributed by atoms with E-state index in [-0.39, 0.29) is 6.09 Å².